The van der Waals surface area contributed by atoms with Crippen molar-refractivity contribution < 1.29 is 0 Å². The van der Waals surface area contributed by atoms with Crippen molar-refractivity contribution in [3.8, 4) is 5.69 Å². The first-order valence-corrected chi connectivity index (χ1v) is 7.86. The molecular weight excluding hydrogens is 260 g/mol. The van der Waals surface area contributed by atoms with Gasteiger partial charge in [0.25, 0.3) is 0 Å². The molecule has 2 atom stereocenters. The van der Waals surface area contributed by atoms with E-state index in [1.807, 2.05) is 29.1 Å². The third-order valence-corrected chi connectivity index (χ3v) is 4.47. The lowest BCUT2D eigenvalue weighted by molar-refractivity contribution is 0.162. The van der Waals surface area contributed by atoms with Gasteiger partial charge in [-0.15, -0.1) is 0 Å². The molecule has 4 nitrogen and oxygen atoms in total. The zero-order chi connectivity index (χ0) is 14.7. The number of nitrogens with one attached hydrogen (secondary N) is 1. The van der Waals surface area contributed by atoms with Crippen LogP contribution in [0.4, 0.5) is 0 Å². The lowest BCUT2D eigenvalue weighted by Gasteiger charge is -2.32. The molecule has 0 amide bonds. The van der Waals surface area contributed by atoms with Crippen LogP contribution in [-0.2, 0) is 0 Å². The molecule has 0 saturated carbocycles. The Kier molecular flexibility index (Phi) is 4.36. The first-order chi connectivity index (χ1) is 10.3. The van der Waals surface area contributed by atoms with Gasteiger partial charge in [0, 0.05) is 30.4 Å². The summed E-state index contributed by atoms with van der Waals surface area (Å²) in [6.07, 6.45) is 5.40. The molecule has 1 N–H and O–H groups in total. The quantitative estimate of drug-likeness (QED) is 0.916. The van der Waals surface area contributed by atoms with Crippen molar-refractivity contribution in [1.82, 2.24) is 20.0 Å². The predicted octanol–water partition coefficient (Wildman–Crippen LogP) is 2.62. The lowest BCUT2D eigenvalue weighted by atomic mass is 10.1. The van der Waals surface area contributed by atoms with Crippen LogP contribution in [0.3, 0.4) is 0 Å². The molecule has 1 aliphatic heterocycles. The van der Waals surface area contributed by atoms with E-state index in [1.165, 1.54) is 12.0 Å². The van der Waals surface area contributed by atoms with Crippen LogP contribution in [0.15, 0.2) is 42.7 Å². The number of hydrogen-bond donors (Lipinski definition) is 1. The van der Waals surface area contributed by atoms with Crippen molar-refractivity contribution in [3.05, 3.63) is 48.3 Å². The van der Waals surface area contributed by atoms with E-state index in [0.29, 0.717) is 12.1 Å². The maximum absolute atomic E-state index is 4.53. The number of likely N-dealkylation sites (N-methyl/N-ethyl adjacent to an activating group) is 1. The Bertz CT molecular complexity index is 557. The van der Waals surface area contributed by atoms with Gasteiger partial charge in [0.05, 0.1) is 11.9 Å². The average molecular weight is 284 g/mol. The maximum Gasteiger partial charge on any atom is 0.0645 e. The van der Waals surface area contributed by atoms with E-state index < -0.39 is 0 Å². The molecule has 0 radical (unpaired) electrons. The van der Waals surface area contributed by atoms with Gasteiger partial charge in [-0.3, -0.25) is 4.90 Å². The number of hydrogen-bond acceptors (Lipinski definition) is 3. The van der Waals surface area contributed by atoms with E-state index in [4.69, 9.17) is 0 Å². The summed E-state index contributed by atoms with van der Waals surface area (Å²) in [4.78, 5) is 2.58. The summed E-state index contributed by atoms with van der Waals surface area (Å²) in [5.41, 5.74) is 2.40. The van der Waals surface area contributed by atoms with Gasteiger partial charge in [-0.1, -0.05) is 25.1 Å². The zero-order valence-corrected chi connectivity index (χ0v) is 12.9. The van der Waals surface area contributed by atoms with Crippen LogP contribution in [0.1, 0.15) is 31.9 Å². The first kappa shape index (κ1) is 14.3. The van der Waals surface area contributed by atoms with Crippen LogP contribution in [0.25, 0.3) is 5.69 Å². The van der Waals surface area contributed by atoms with Gasteiger partial charge >= 0.3 is 0 Å². The molecule has 2 heterocycles. The molecule has 2 unspecified atom stereocenters. The Morgan fingerprint density at radius 3 is 2.86 bits per heavy atom. The fraction of sp³-hybridized carbons (Fsp3) is 0.471. The minimum absolute atomic E-state index is 0.400. The van der Waals surface area contributed by atoms with Crippen LogP contribution >= 0.6 is 0 Å². The maximum atomic E-state index is 4.53. The van der Waals surface area contributed by atoms with E-state index in [9.17, 15) is 0 Å². The molecule has 1 aromatic heterocycles. The molecule has 1 saturated heterocycles. The Morgan fingerprint density at radius 2 is 2.19 bits per heavy atom. The summed E-state index contributed by atoms with van der Waals surface area (Å²) >= 11 is 0. The molecule has 0 spiro atoms. The van der Waals surface area contributed by atoms with E-state index in [1.54, 1.807) is 0 Å². The second-order valence-corrected chi connectivity index (χ2v) is 5.71. The molecular formula is C17H24N4. The highest BCUT2D eigenvalue weighted by Gasteiger charge is 2.26. The van der Waals surface area contributed by atoms with Crippen molar-refractivity contribution in [2.45, 2.75) is 32.4 Å². The SMILES string of the molecule is CCN(C1CCNC1)C(C)c1cnn(-c2ccccc2)c1. The minimum Gasteiger partial charge on any atom is -0.315 e. The molecule has 2 aromatic rings. The summed E-state index contributed by atoms with van der Waals surface area (Å²) < 4.78 is 1.96. The summed E-state index contributed by atoms with van der Waals surface area (Å²) in [6, 6.07) is 11.3. The van der Waals surface area contributed by atoms with E-state index in [2.05, 4.69) is 47.5 Å². The minimum atomic E-state index is 0.400. The second kappa shape index (κ2) is 6.41. The number of para-hydroxylation sites is 1. The summed E-state index contributed by atoms with van der Waals surface area (Å²) in [5, 5.41) is 7.99. The molecule has 1 fully saturated rings. The van der Waals surface area contributed by atoms with Gasteiger partial charge in [0.15, 0.2) is 0 Å². The summed E-state index contributed by atoms with van der Waals surface area (Å²) in [6.45, 7) is 7.84. The number of rotatable bonds is 5. The average Bonchev–Trinajstić information content (AvgIpc) is 3.20. The van der Waals surface area contributed by atoms with Gasteiger partial charge in [0.2, 0.25) is 0 Å². The predicted molar refractivity (Wildman–Crippen MR) is 85.6 cm³/mol. The van der Waals surface area contributed by atoms with Crippen LogP contribution < -0.4 is 5.32 Å². The van der Waals surface area contributed by atoms with Crippen molar-refractivity contribution in [1.29, 1.82) is 0 Å². The Labute approximate surface area is 126 Å². The second-order valence-electron chi connectivity index (χ2n) is 5.71. The zero-order valence-electron chi connectivity index (χ0n) is 12.9. The van der Waals surface area contributed by atoms with Crippen LogP contribution in [0, 0.1) is 0 Å². The third-order valence-electron chi connectivity index (χ3n) is 4.47. The fourth-order valence-corrected chi connectivity index (χ4v) is 3.24. The van der Waals surface area contributed by atoms with Gasteiger partial charge in [-0.25, -0.2) is 4.68 Å². The normalized spacial score (nSPS) is 20.0. The molecule has 3 rings (SSSR count). The van der Waals surface area contributed by atoms with Crippen molar-refractivity contribution in [3.63, 3.8) is 0 Å². The Morgan fingerprint density at radius 1 is 1.38 bits per heavy atom. The van der Waals surface area contributed by atoms with Crippen LogP contribution in [0.2, 0.25) is 0 Å². The highest BCUT2D eigenvalue weighted by Crippen LogP contribution is 2.24. The number of aromatic nitrogens is 2. The van der Waals surface area contributed by atoms with Crippen molar-refractivity contribution >= 4 is 0 Å². The van der Waals surface area contributed by atoms with E-state index in [0.717, 1.165) is 25.3 Å². The standard InChI is InChI=1S/C17H24N4/c1-3-20(17-9-10-18-12-17)14(2)15-11-19-21(13-15)16-7-5-4-6-8-16/h4-8,11,13-14,17-18H,3,9-10,12H2,1-2H3. The fourth-order valence-electron chi connectivity index (χ4n) is 3.24. The van der Waals surface area contributed by atoms with E-state index in [-0.39, 0.29) is 0 Å². The summed E-state index contributed by atoms with van der Waals surface area (Å²) in [7, 11) is 0. The Hall–Kier alpha value is -1.65. The highest BCUT2D eigenvalue weighted by molar-refractivity contribution is 5.31. The number of nitrogens with zero attached hydrogens (tertiary/aromatic N) is 3. The molecule has 21 heavy (non-hydrogen) atoms. The Balaban J connectivity index is 1.78. The van der Waals surface area contributed by atoms with Gasteiger partial charge < -0.3 is 5.32 Å². The molecule has 0 aliphatic carbocycles. The lowest BCUT2D eigenvalue weighted by Crippen LogP contribution is -2.38. The summed E-state index contributed by atoms with van der Waals surface area (Å²) in [5.74, 6) is 0. The van der Waals surface area contributed by atoms with Crippen molar-refractivity contribution in [2.24, 2.45) is 0 Å². The highest BCUT2D eigenvalue weighted by atomic mass is 15.3. The first-order valence-electron chi connectivity index (χ1n) is 7.86. The van der Waals surface area contributed by atoms with Gasteiger partial charge in [-0.05, 0) is 38.6 Å². The van der Waals surface area contributed by atoms with Crippen LogP contribution in [-0.4, -0.2) is 40.4 Å². The van der Waals surface area contributed by atoms with E-state index >= 15 is 0 Å². The molecule has 1 aromatic carbocycles. The largest absolute Gasteiger partial charge is 0.315 e. The van der Waals surface area contributed by atoms with Crippen LogP contribution in [0.5, 0.6) is 0 Å². The smallest absolute Gasteiger partial charge is 0.0645 e. The number of benzene rings is 1. The molecule has 112 valence electrons. The third kappa shape index (κ3) is 3.01. The van der Waals surface area contributed by atoms with Gasteiger partial charge in [-0.2, -0.15) is 5.10 Å². The van der Waals surface area contributed by atoms with Gasteiger partial charge in [0.1, 0.15) is 0 Å². The molecule has 4 heteroatoms. The topological polar surface area (TPSA) is 33.1 Å². The molecule has 0 bridgehead atoms. The molecule has 1 aliphatic rings. The van der Waals surface area contributed by atoms with Crippen molar-refractivity contribution in [2.75, 3.05) is 19.6 Å². The monoisotopic (exact) mass is 284 g/mol.